The smallest absolute Gasteiger partial charge is 0.385 e. The third-order valence-corrected chi connectivity index (χ3v) is 5.77. The number of benzene rings is 1. The zero-order chi connectivity index (χ0) is 25.6. The molecule has 0 bridgehead atoms. The predicted octanol–water partition coefficient (Wildman–Crippen LogP) is 2.65. The standard InChI is InChI=1S/C22H16F4N10/c1-11(14-9-35(34-33-14)15-5-3-2-4-13(15)23)36-16(6-27)17(18-19(28)31-10-32-20(18)36)12-7-29-21(30-8-12)22(24,25)26/h2-5,7-11,20H,28H2,1H3,(H,31,32). The van der Waals surface area contributed by atoms with Gasteiger partial charge in [0.1, 0.15) is 34.8 Å². The predicted molar refractivity (Wildman–Crippen MR) is 118 cm³/mol. The van der Waals surface area contributed by atoms with Crippen molar-refractivity contribution in [3.05, 3.63) is 82.8 Å². The topological polar surface area (TPSA) is 134 Å². The Hall–Kier alpha value is -4.80. The Bertz CT molecular complexity index is 1460. The summed E-state index contributed by atoms with van der Waals surface area (Å²) in [4.78, 5) is 12.9. The van der Waals surface area contributed by atoms with Gasteiger partial charge in [-0.25, -0.2) is 24.0 Å². The van der Waals surface area contributed by atoms with E-state index in [1.165, 1.54) is 29.3 Å². The quantitative estimate of drug-likeness (QED) is 0.527. The van der Waals surface area contributed by atoms with E-state index in [1.54, 1.807) is 24.0 Å². The van der Waals surface area contributed by atoms with Crippen molar-refractivity contribution in [1.29, 1.82) is 5.26 Å². The van der Waals surface area contributed by atoms with Crippen molar-refractivity contribution in [2.45, 2.75) is 25.3 Å². The Labute approximate surface area is 201 Å². The third-order valence-electron chi connectivity index (χ3n) is 5.77. The van der Waals surface area contributed by atoms with Gasteiger partial charge in [0.05, 0.1) is 18.6 Å². The minimum atomic E-state index is -4.72. The number of hydrogen-bond donors (Lipinski definition) is 2. The fourth-order valence-corrected chi connectivity index (χ4v) is 4.10. The average molecular weight is 496 g/mol. The minimum absolute atomic E-state index is 0.0788. The maximum Gasteiger partial charge on any atom is 0.451 e. The number of allylic oxidation sites excluding steroid dienone is 1. The van der Waals surface area contributed by atoms with E-state index >= 15 is 0 Å². The molecule has 0 fully saturated rings. The fourth-order valence-electron chi connectivity index (χ4n) is 4.10. The van der Waals surface area contributed by atoms with E-state index < -0.39 is 30.0 Å². The number of fused-ring (bicyclic) bond motifs is 1. The lowest BCUT2D eigenvalue weighted by Crippen LogP contribution is -2.37. The molecule has 3 N–H and O–H groups in total. The number of nitrogens with two attached hydrogens (primary N) is 1. The van der Waals surface area contributed by atoms with Gasteiger partial charge >= 0.3 is 6.18 Å². The molecule has 10 nitrogen and oxygen atoms in total. The van der Waals surface area contributed by atoms with Crippen molar-refractivity contribution in [3.8, 4) is 11.8 Å². The molecule has 2 aliphatic rings. The van der Waals surface area contributed by atoms with Crippen LogP contribution in [0.15, 0.2) is 64.9 Å². The third kappa shape index (κ3) is 3.70. The molecule has 0 amide bonds. The van der Waals surface area contributed by atoms with Gasteiger partial charge < -0.3 is 16.0 Å². The van der Waals surface area contributed by atoms with Gasteiger partial charge in [-0.3, -0.25) is 0 Å². The number of aromatic nitrogens is 5. The molecule has 0 spiro atoms. The number of halogens is 4. The Kier molecular flexibility index (Phi) is 5.39. The van der Waals surface area contributed by atoms with Gasteiger partial charge in [0.2, 0.25) is 5.82 Å². The van der Waals surface area contributed by atoms with Gasteiger partial charge in [0, 0.05) is 29.1 Å². The molecule has 0 saturated carbocycles. The lowest BCUT2D eigenvalue weighted by Gasteiger charge is -2.31. The molecular weight excluding hydrogens is 480 g/mol. The van der Waals surface area contributed by atoms with E-state index in [1.807, 2.05) is 0 Å². The molecule has 2 atom stereocenters. The number of para-hydroxylation sites is 1. The summed E-state index contributed by atoms with van der Waals surface area (Å²) >= 11 is 0. The molecule has 14 heteroatoms. The van der Waals surface area contributed by atoms with Gasteiger partial charge in [0.25, 0.3) is 0 Å². The van der Waals surface area contributed by atoms with E-state index in [9.17, 15) is 22.8 Å². The van der Waals surface area contributed by atoms with Gasteiger partial charge in [-0.2, -0.15) is 18.4 Å². The van der Waals surface area contributed by atoms with E-state index in [4.69, 9.17) is 5.73 Å². The number of aliphatic imine (C=N–C) groups is 1. The molecule has 36 heavy (non-hydrogen) atoms. The van der Waals surface area contributed by atoms with Crippen LogP contribution in [0.1, 0.15) is 30.0 Å². The molecular formula is C22H16F4N10. The second-order valence-corrected chi connectivity index (χ2v) is 7.87. The molecule has 3 aromatic rings. The Balaban J connectivity index is 1.59. The van der Waals surface area contributed by atoms with E-state index in [2.05, 4.69) is 36.7 Å². The Morgan fingerprint density at radius 1 is 1.19 bits per heavy atom. The van der Waals surface area contributed by atoms with Crippen LogP contribution in [0.2, 0.25) is 0 Å². The van der Waals surface area contributed by atoms with Crippen molar-refractivity contribution in [2.24, 2.45) is 10.7 Å². The normalized spacial score (nSPS) is 18.2. The first-order valence-electron chi connectivity index (χ1n) is 10.5. The first-order chi connectivity index (χ1) is 17.2. The Morgan fingerprint density at radius 2 is 1.92 bits per heavy atom. The van der Waals surface area contributed by atoms with Crippen LogP contribution in [-0.4, -0.2) is 42.4 Å². The minimum Gasteiger partial charge on any atom is -0.385 e. The monoisotopic (exact) mass is 496 g/mol. The first-order valence-corrected chi connectivity index (χ1v) is 10.5. The summed E-state index contributed by atoms with van der Waals surface area (Å²) in [7, 11) is 0. The average Bonchev–Trinajstić information content (AvgIpc) is 3.47. The maximum absolute atomic E-state index is 14.2. The number of hydrogen-bond acceptors (Lipinski definition) is 9. The molecule has 2 unspecified atom stereocenters. The van der Waals surface area contributed by atoms with Crippen LogP contribution in [0.25, 0.3) is 11.3 Å². The molecule has 0 aliphatic carbocycles. The number of nitrogens with one attached hydrogen (secondary N) is 1. The van der Waals surface area contributed by atoms with Gasteiger partial charge in [0.15, 0.2) is 6.17 Å². The van der Waals surface area contributed by atoms with Gasteiger partial charge in [-0.1, -0.05) is 17.3 Å². The first kappa shape index (κ1) is 23.0. The summed E-state index contributed by atoms with van der Waals surface area (Å²) in [5.74, 6) is -1.63. The van der Waals surface area contributed by atoms with Crippen LogP contribution in [0.4, 0.5) is 17.6 Å². The van der Waals surface area contributed by atoms with Crippen molar-refractivity contribution in [2.75, 3.05) is 0 Å². The van der Waals surface area contributed by atoms with Crippen LogP contribution in [0.5, 0.6) is 0 Å². The summed E-state index contributed by atoms with van der Waals surface area (Å²) in [6.45, 7) is 1.74. The summed E-state index contributed by atoms with van der Waals surface area (Å²) in [6.07, 6.45) is -0.647. The van der Waals surface area contributed by atoms with E-state index in [0.29, 0.717) is 11.3 Å². The Morgan fingerprint density at radius 3 is 2.58 bits per heavy atom. The highest BCUT2D eigenvalue weighted by Crippen LogP contribution is 2.45. The molecule has 182 valence electrons. The zero-order valence-corrected chi connectivity index (χ0v) is 18.4. The molecule has 5 rings (SSSR count). The highest BCUT2D eigenvalue weighted by atomic mass is 19.4. The largest absolute Gasteiger partial charge is 0.451 e. The molecule has 0 saturated heterocycles. The van der Waals surface area contributed by atoms with Gasteiger partial charge in [-0.15, -0.1) is 5.10 Å². The molecule has 2 aliphatic heterocycles. The van der Waals surface area contributed by atoms with Crippen LogP contribution >= 0.6 is 0 Å². The molecule has 4 heterocycles. The summed E-state index contributed by atoms with van der Waals surface area (Å²) < 4.78 is 54.4. The molecule has 2 aromatic heterocycles. The van der Waals surface area contributed by atoms with Crippen LogP contribution in [0, 0.1) is 17.1 Å². The second-order valence-electron chi connectivity index (χ2n) is 7.87. The number of alkyl halides is 3. The van der Waals surface area contributed by atoms with Gasteiger partial charge in [-0.05, 0) is 19.1 Å². The zero-order valence-electron chi connectivity index (χ0n) is 18.4. The van der Waals surface area contributed by atoms with Crippen molar-refractivity contribution in [3.63, 3.8) is 0 Å². The lowest BCUT2D eigenvalue weighted by atomic mass is 9.99. The second kappa shape index (κ2) is 8.45. The lowest BCUT2D eigenvalue weighted by molar-refractivity contribution is -0.145. The van der Waals surface area contributed by atoms with E-state index in [-0.39, 0.29) is 28.3 Å². The van der Waals surface area contributed by atoms with Crippen molar-refractivity contribution in [1.82, 2.24) is 35.2 Å². The van der Waals surface area contributed by atoms with Crippen LogP contribution < -0.4 is 11.1 Å². The number of rotatable bonds is 4. The highest BCUT2D eigenvalue weighted by Gasteiger charge is 2.43. The van der Waals surface area contributed by atoms with Crippen LogP contribution in [-0.2, 0) is 6.18 Å². The maximum atomic E-state index is 14.2. The fraction of sp³-hybridized carbons (Fsp3) is 0.182. The summed E-state index contributed by atoms with van der Waals surface area (Å²) in [5, 5.41) is 21.0. The SMILES string of the molecule is CC(c1cn(-c2ccccc2F)nn1)N1C(C#N)=C(c2cnc(C(F)(F)F)nc2)C2=C(N)NC=NC21. The number of nitrogens with zero attached hydrogens (tertiary/aromatic N) is 8. The highest BCUT2D eigenvalue weighted by molar-refractivity contribution is 5.89. The number of nitriles is 1. The van der Waals surface area contributed by atoms with E-state index in [0.717, 1.165) is 12.4 Å². The summed E-state index contributed by atoms with van der Waals surface area (Å²) in [6, 6.07) is 7.52. The van der Waals surface area contributed by atoms with Crippen molar-refractivity contribution < 1.29 is 17.6 Å². The molecule has 1 aromatic carbocycles. The molecule has 0 radical (unpaired) electrons. The van der Waals surface area contributed by atoms with Crippen LogP contribution in [0.3, 0.4) is 0 Å². The summed E-state index contributed by atoms with van der Waals surface area (Å²) in [5.41, 5.74) is 7.61. The van der Waals surface area contributed by atoms with Crippen molar-refractivity contribution >= 4 is 11.9 Å².